The van der Waals surface area contributed by atoms with Gasteiger partial charge in [0, 0.05) is 17.8 Å². The lowest BCUT2D eigenvalue weighted by atomic mass is 10.1. The Balaban J connectivity index is 1.56. The minimum atomic E-state index is 0.560. The molecule has 0 radical (unpaired) electrons. The van der Waals surface area contributed by atoms with E-state index in [9.17, 15) is 0 Å². The Morgan fingerprint density at radius 3 is 2.07 bits per heavy atom. The van der Waals surface area contributed by atoms with Gasteiger partial charge in [0.25, 0.3) is 0 Å². The standard InChI is InChI=1S/C24H24N2O2/c1-17(3-4-18(2)27-22-13-7-20(25)8-14-22)19-5-11-23(12-6-19)28-24-15-9-21(26)10-16-24/h3-7,9-13,15-16H,1-2,8,14,25-26H2/b4-3-. The van der Waals surface area contributed by atoms with E-state index in [1.165, 1.54) is 0 Å². The molecule has 0 saturated heterocycles. The first kappa shape index (κ1) is 19.1. The third kappa shape index (κ3) is 5.42. The molecule has 142 valence electrons. The van der Waals surface area contributed by atoms with Crippen molar-refractivity contribution < 1.29 is 9.47 Å². The smallest absolute Gasteiger partial charge is 0.127 e. The van der Waals surface area contributed by atoms with Crippen molar-refractivity contribution in [2.24, 2.45) is 5.73 Å². The molecule has 2 aromatic carbocycles. The highest BCUT2D eigenvalue weighted by Crippen LogP contribution is 2.25. The summed E-state index contributed by atoms with van der Waals surface area (Å²) in [4.78, 5) is 0. The van der Waals surface area contributed by atoms with Crippen molar-refractivity contribution in [3.05, 3.63) is 109 Å². The van der Waals surface area contributed by atoms with Crippen LogP contribution in [-0.2, 0) is 4.74 Å². The molecule has 0 heterocycles. The lowest BCUT2D eigenvalue weighted by Crippen LogP contribution is -2.03. The van der Waals surface area contributed by atoms with E-state index in [2.05, 4.69) is 13.2 Å². The Hall–Kier alpha value is -3.66. The zero-order valence-electron chi connectivity index (χ0n) is 15.7. The molecule has 0 aromatic heterocycles. The van der Waals surface area contributed by atoms with Crippen LogP contribution in [0.3, 0.4) is 0 Å². The van der Waals surface area contributed by atoms with E-state index < -0.39 is 0 Å². The number of ether oxygens (including phenoxy) is 2. The quantitative estimate of drug-likeness (QED) is 0.372. The van der Waals surface area contributed by atoms with E-state index in [1.807, 2.05) is 60.7 Å². The van der Waals surface area contributed by atoms with E-state index in [4.69, 9.17) is 20.9 Å². The van der Waals surface area contributed by atoms with E-state index >= 15 is 0 Å². The SMILES string of the molecule is C=C(/C=C\C(=C)c1ccc(Oc2ccc(N)cc2)cc1)OC1=CC=C(N)CC1. The number of hydrogen-bond acceptors (Lipinski definition) is 4. The Bertz CT molecular complexity index is 949. The summed E-state index contributed by atoms with van der Waals surface area (Å²) in [7, 11) is 0. The Morgan fingerprint density at radius 2 is 1.46 bits per heavy atom. The summed E-state index contributed by atoms with van der Waals surface area (Å²) in [5.74, 6) is 2.90. The molecule has 4 heteroatoms. The maximum atomic E-state index is 5.80. The number of allylic oxidation sites excluding steroid dienone is 7. The summed E-state index contributed by atoms with van der Waals surface area (Å²) >= 11 is 0. The molecule has 0 bridgehead atoms. The molecule has 0 unspecified atom stereocenters. The van der Waals surface area contributed by atoms with Gasteiger partial charge in [-0.2, -0.15) is 0 Å². The molecule has 0 fully saturated rings. The number of benzene rings is 2. The molecule has 0 aliphatic heterocycles. The first-order valence-corrected chi connectivity index (χ1v) is 9.02. The summed E-state index contributed by atoms with van der Waals surface area (Å²) in [6, 6.07) is 15.0. The second kappa shape index (κ2) is 8.82. The van der Waals surface area contributed by atoms with Crippen molar-refractivity contribution >= 4 is 11.3 Å². The van der Waals surface area contributed by atoms with Gasteiger partial charge in [-0.25, -0.2) is 0 Å². The second-order valence-electron chi connectivity index (χ2n) is 6.50. The largest absolute Gasteiger partial charge is 0.462 e. The average molecular weight is 372 g/mol. The zero-order chi connectivity index (χ0) is 19.9. The molecule has 2 aromatic rings. The molecule has 3 rings (SSSR count). The van der Waals surface area contributed by atoms with Gasteiger partial charge in [0.15, 0.2) is 0 Å². The van der Waals surface area contributed by atoms with Gasteiger partial charge >= 0.3 is 0 Å². The van der Waals surface area contributed by atoms with Gasteiger partial charge in [-0.05, 0) is 72.2 Å². The third-order valence-corrected chi connectivity index (χ3v) is 4.22. The summed E-state index contributed by atoms with van der Waals surface area (Å²) in [5, 5.41) is 0. The van der Waals surface area contributed by atoms with Crippen LogP contribution >= 0.6 is 0 Å². The molecule has 1 aliphatic carbocycles. The van der Waals surface area contributed by atoms with E-state index in [1.54, 1.807) is 12.1 Å². The van der Waals surface area contributed by atoms with Crippen LogP contribution in [0.25, 0.3) is 5.57 Å². The number of anilines is 1. The summed E-state index contributed by atoms with van der Waals surface area (Å²) < 4.78 is 11.5. The molecular formula is C24H24N2O2. The number of rotatable bonds is 7. The second-order valence-corrected chi connectivity index (χ2v) is 6.50. The number of nitrogens with two attached hydrogens (primary N) is 2. The Kier molecular flexibility index (Phi) is 6.02. The summed E-state index contributed by atoms with van der Waals surface area (Å²) in [5.41, 5.74) is 14.8. The fourth-order valence-electron chi connectivity index (χ4n) is 2.62. The van der Waals surface area contributed by atoms with Crippen molar-refractivity contribution in [2.45, 2.75) is 12.8 Å². The predicted octanol–water partition coefficient (Wildman–Crippen LogP) is 5.68. The minimum Gasteiger partial charge on any atom is -0.462 e. The van der Waals surface area contributed by atoms with Crippen LogP contribution in [-0.4, -0.2) is 0 Å². The van der Waals surface area contributed by atoms with Gasteiger partial charge in [-0.3, -0.25) is 0 Å². The molecular weight excluding hydrogens is 348 g/mol. The number of hydrogen-bond donors (Lipinski definition) is 2. The maximum absolute atomic E-state index is 5.80. The third-order valence-electron chi connectivity index (χ3n) is 4.22. The average Bonchev–Trinajstić information content (AvgIpc) is 2.70. The summed E-state index contributed by atoms with van der Waals surface area (Å²) in [6.45, 7) is 8.03. The van der Waals surface area contributed by atoms with Crippen LogP contribution in [0, 0.1) is 0 Å². The highest BCUT2D eigenvalue weighted by atomic mass is 16.5. The molecule has 4 nitrogen and oxygen atoms in total. The fourth-order valence-corrected chi connectivity index (χ4v) is 2.62. The first-order valence-electron chi connectivity index (χ1n) is 9.02. The van der Waals surface area contributed by atoms with Crippen LogP contribution in [0.15, 0.2) is 103 Å². The molecule has 0 amide bonds. The van der Waals surface area contributed by atoms with Crippen LogP contribution in [0.5, 0.6) is 11.5 Å². The van der Waals surface area contributed by atoms with Crippen LogP contribution < -0.4 is 16.2 Å². The van der Waals surface area contributed by atoms with Crippen molar-refractivity contribution in [1.82, 2.24) is 0 Å². The normalized spacial score (nSPS) is 13.6. The fraction of sp³-hybridized carbons (Fsp3) is 0.0833. The Morgan fingerprint density at radius 1 is 0.821 bits per heavy atom. The van der Waals surface area contributed by atoms with Crippen molar-refractivity contribution in [3.63, 3.8) is 0 Å². The van der Waals surface area contributed by atoms with Crippen molar-refractivity contribution in [1.29, 1.82) is 0 Å². The molecule has 28 heavy (non-hydrogen) atoms. The monoisotopic (exact) mass is 372 g/mol. The van der Waals surface area contributed by atoms with Gasteiger partial charge in [-0.1, -0.05) is 31.4 Å². The molecule has 0 saturated carbocycles. The Labute approximate surface area is 165 Å². The molecule has 4 N–H and O–H groups in total. The van der Waals surface area contributed by atoms with Gasteiger partial charge in [-0.15, -0.1) is 0 Å². The first-order chi connectivity index (χ1) is 13.5. The van der Waals surface area contributed by atoms with E-state index in [0.717, 1.165) is 46.9 Å². The predicted molar refractivity (Wildman–Crippen MR) is 115 cm³/mol. The lowest BCUT2D eigenvalue weighted by Gasteiger charge is -2.13. The molecule has 0 atom stereocenters. The van der Waals surface area contributed by atoms with Crippen molar-refractivity contribution in [3.8, 4) is 11.5 Å². The van der Waals surface area contributed by atoms with Crippen molar-refractivity contribution in [2.75, 3.05) is 5.73 Å². The molecule has 1 aliphatic rings. The minimum absolute atomic E-state index is 0.560. The maximum Gasteiger partial charge on any atom is 0.127 e. The summed E-state index contributed by atoms with van der Waals surface area (Å²) in [6.07, 6.45) is 9.02. The van der Waals surface area contributed by atoms with Gasteiger partial charge in [0.2, 0.25) is 0 Å². The highest BCUT2D eigenvalue weighted by Gasteiger charge is 2.06. The highest BCUT2D eigenvalue weighted by molar-refractivity contribution is 5.72. The zero-order valence-corrected chi connectivity index (χ0v) is 15.7. The molecule has 0 spiro atoms. The van der Waals surface area contributed by atoms with Crippen LogP contribution in [0.4, 0.5) is 5.69 Å². The van der Waals surface area contributed by atoms with E-state index in [-0.39, 0.29) is 0 Å². The van der Waals surface area contributed by atoms with E-state index in [0.29, 0.717) is 11.4 Å². The van der Waals surface area contributed by atoms with Crippen LogP contribution in [0.1, 0.15) is 18.4 Å². The lowest BCUT2D eigenvalue weighted by molar-refractivity contribution is 0.304. The van der Waals surface area contributed by atoms with Crippen LogP contribution in [0.2, 0.25) is 0 Å². The van der Waals surface area contributed by atoms with Gasteiger partial charge in [0.05, 0.1) is 0 Å². The van der Waals surface area contributed by atoms with Gasteiger partial charge < -0.3 is 20.9 Å². The van der Waals surface area contributed by atoms with Gasteiger partial charge in [0.1, 0.15) is 23.0 Å². The topological polar surface area (TPSA) is 70.5 Å². The number of nitrogen functional groups attached to an aromatic ring is 1.